The van der Waals surface area contributed by atoms with Crippen LogP contribution in [0, 0.1) is 0 Å². The number of thiazole rings is 1. The molecule has 1 aromatic heterocycles. The fourth-order valence-electron chi connectivity index (χ4n) is 1.69. The minimum Gasteiger partial charge on any atom is -0.478 e. The van der Waals surface area contributed by atoms with Gasteiger partial charge in [-0.1, -0.05) is 22.9 Å². The molecule has 0 saturated carbocycles. The maximum Gasteiger partial charge on any atom is 0.335 e. The zero-order valence-electron chi connectivity index (χ0n) is 10.0. The van der Waals surface area contributed by atoms with Gasteiger partial charge in [-0.25, -0.2) is 9.78 Å². The topological polar surface area (TPSA) is 59.4 Å². The summed E-state index contributed by atoms with van der Waals surface area (Å²) in [5.74, 6) is -0.425. The van der Waals surface area contributed by atoms with Crippen LogP contribution >= 0.6 is 22.9 Å². The van der Waals surface area contributed by atoms with Crippen molar-refractivity contribution in [3.05, 3.63) is 53.1 Å². The highest BCUT2D eigenvalue weighted by molar-refractivity contribution is 7.20. The molecule has 0 amide bonds. The second-order valence-electron chi connectivity index (χ2n) is 4.02. The predicted molar refractivity (Wildman–Crippen MR) is 78.1 cm³/mol. The van der Waals surface area contributed by atoms with Gasteiger partial charge < -0.3 is 9.84 Å². The summed E-state index contributed by atoms with van der Waals surface area (Å²) in [6, 6.07) is 11.6. The van der Waals surface area contributed by atoms with E-state index in [9.17, 15) is 4.79 Å². The Balaban J connectivity index is 1.87. The molecule has 20 heavy (non-hydrogen) atoms. The van der Waals surface area contributed by atoms with Gasteiger partial charge in [-0.15, -0.1) is 0 Å². The number of aromatic carboxylic acids is 1. The van der Waals surface area contributed by atoms with E-state index >= 15 is 0 Å². The zero-order valence-corrected chi connectivity index (χ0v) is 11.6. The molecule has 0 saturated heterocycles. The Labute approximate surface area is 123 Å². The molecule has 2 aromatic carbocycles. The van der Waals surface area contributed by atoms with E-state index in [0.717, 1.165) is 10.2 Å². The molecule has 0 aliphatic rings. The highest BCUT2D eigenvalue weighted by atomic mass is 35.5. The molecule has 0 fully saturated rings. The highest BCUT2D eigenvalue weighted by Gasteiger charge is 2.07. The van der Waals surface area contributed by atoms with Crippen LogP contribution in [0.2, 0.25) is 5.02 Å². The normalized spacial score (nSPS) is 10.7. The molecule has 0 aliphatic carbocycles. The quantitative estimate of drug-likeness (QED) is 0.777. The molecule has 0 spiro atoms. The minimum atomic E-state index is -0.967. The van der Waals surface area contributed by atoms with E-state index in [-0.39, 0.29) is 5.56 Å². The Kier molecular flexibility index (Phi) is 3.30. The van der Waals surface area contributed by atoms with Gasteiger partial charge in [0, 0.05) is 5.02 Å². The van der Waals surface area contributed by atoms with Crippen LogP contribution in [-0.4, -0.2) is 16.1 Å². The maximum atomic E-state index is 10.8. The van der Waals surface area contributed by atoms with Gasteiger partial charge in [0.05, 0.1) is 15.8 Å². The van der Waals surface area contributed by atoms with Gasteiger partial charge >= 0.3 is 5.97 Å². The van der Waals surface area contributed by atoms with Crippen molar-refractivity contribution in [3.8, 4) is 10.9 Å². The Morgan fingerprint density at radius 2 is 1.95 bits per heavy atom. The Morgan fingerprint density at radius 3 is 2.65 bits per heavy atom. The molecule has 1 heterocycles. The summed E-state index contributed by atoms with van der Waals surface area (Å²) >= 11 is 7.30. The molecule has 6 heteroatoms. The van der Waals surface area contributed by atoms with E-state index in [2.05, 4.69) is 4.98 Å². The van der Waals surface area contributed by atoms with Gasteiger partial charge in [0.2, 0.25) is 0 Å². The number of nitrogens with zero attached hydrogens (tertiary/aromatic N) is 1. The number of rotatable bonds is 3. The molecule has 0 bridgehead atoms. The zero-order chi connectivity index (χ0) is 14.1. The maximum absolute atomic E-state index is 10.8. The van der Waals surface area contributed by atoms with Gasteiger partial charge in [0.15, 0.2) is 0 Å². The van der Waals surface area contributed by atoms with Crippen molar-refractivity contribution in [2.45, 2.75) is 0 Å². The SMILES string of the molecule is O=C(O)c1ccc(Oc2nc3ccc(Cl)cc3s2)cc1. The Bertz CT molecular complexity index is 783. The molecule has 100 valence electrons. The second-order valence-corrected chi connectivity index (χ2v) is 5.45. The fourth-order valence-corrected chi connectivity index (χ4v) is 2.80. The average molecular weight is 306 g/mol. The van der Waals surface area contributed by atoms with Crippen molar-refractivity contribution in [2.24, 2.45) is 0 Å². The largest absolute Gasteiger partial charge is 0.478 e. The first-order valence-electron chi connectivity index (χ1n) is 5.69. The van der Waals surface area contributed by atoms with Crippen LogP contribution in [0.25, 0.3) is 10.2 Å². The van der Waals surface area contributed by atoms with Gasteiger partial charge in [0.25, 0.3) is 5.19 Å². The molecule has 0 radical (unpaired) electrons. The van der Waals surface area contributed by atoms with E-state index in [1.807, 2.05) is 12.1 Å². The molecular formula is C14H8ClNO3S. The Morgan fingerprint density at radius 1 is 1.20 bits per heavy atom. The number of carbonyl (C=O) groups is 1. The van der Waals surface area contributed by atoms with Crippen molar-refractivity contribution in [1.82, 2.24) is 4.98 Å². The molecule has 3 rings (SSSR count). The number of ether oxygens (including phenoxy) is 1. The molecule has 0 atom stereocenters. The van der Waals surface area contributed by atoms with Crippen molar-refractivity contribution in [1.29, 1.82) is 0 Å². The highest BCUT2D eigenvalue weighted by Crippen LogP contribution is 2.32. The lowest BCUT2D eigenvalue weighted by molar-refractivity contribution is 0.0697. The monoisotopic (exact) mass is 305 g/mol. The average Bonchev–Trinajstić information content (AvgIpc) is 2.80. The molecule has 4 nitrogen and oxygen atoms in total. The number of hydrogen-bond acceptors (Lipinski definition) is 4. The molecular weight excluding hydrogens is 298 g/mol. The standard InChI is InChI=1S/C14H8ClNO3S/c15-9-3-6-11-12(7-9)20-14(16-11)19-10-4-1-8(2-5-10)13(17)18/h1-7H,(H,17,18). The van der Waals surface area contributed by atoms with Crippen LogP contribution in [-0.2, 0) is 0 Å². The fraction of sp³-hybridized carbons (Fsp3) is 0. The van der Waals surface area contributed by atoms with Gasteiger partial charge in [-0.05, 0) is 42.5 Å². The third-order valence-corrected chi connectivity index (χ3v) is 3.77. The molecule has 1 N–H and O–H groups in total. The molecule has 3 aromatic rings. The predicted octanol–water partition coefficient (Wildman–Crippen LogP) is 4.44. The van der Waals surface area contributed by atoms with Crippen molar-refractivity contribution in [3.63, 3.8) is 0 Å². The number of benzene rings is 2. The summed E-state index contributed by atoms with van der Waals surface area (Å²) in [5, 5.41) is 9.97. The van der Waals surface area contributed by atoms with Gasteiger partial charge in [-0.3, -0.25) is 0 Å². The number of carboxylic acids is 1. The lowest BCUT2D eigenvalue weighted by Gasteiger charge is -2.01. The lowest BCUT2D eigenvalue weighted by atomic mass is 10.2. The lowest BCUT2D eigenvalue weighted by Crippen LogP contribution is -1.95. The third kappa shape index (κ3) is 2.59. The van der Waals surface area contributed by atoms with Crippen LogP contribution in [0.1, 0.15) is 10.4 Å². The van der Waals surface area contributed by atoms with E-state index in [0.29, 0.717) is 16.0 Å². The first-order chi connectivity index (χ1) is 9.61. The summed E-state index contributed by atoms with van der Waals surface area (Å²) < 4.78 is 6.55. The Hall–Kier alpha value is -2.11. The molecule has 0 unspecified atom stereocenters. The van der Waals surface area contributed by atoms with E-state index in [1.54, 1.807) is 18.2 Å². The van der Waals surface area contributed by atoms with Crippen LogP contribution in [0.5, 0.6) is 10.9 Å². The van der Waals surface area contributed by atoms with E-state index < -0.39 is 5.97 Å². The first kappa shape index (κ1) is 12.9. The van der Waals surface area contributed by atoms with Crippen molar-refractivity contribution < 1.29 is 14.6 Å². The summed E-state index contributed by atoms with van der Waals surface area (Å²) in [5.41, 5.74) is 1.03. The van der Waals surface area contributed by atoms with E-state index in [4.69, 9.17) is 21.4 Å². The first-order valence-corrected chi connectivity index (χ1v) is 6.88. The minimum absolute atomic E-state index is 0.216. The number of carboxylic acid groups (broad SMARTS) is 1. The van der Waals surface area contributed by atoms with Crippen LogP contribution < -0.4 is 4.74 Å². The van der Waals surface area contributed by atoms with Gasteiger partial charge in [-0.2, -0.15) is 0 Å². The van der Waals surface area contributed by atoms with Crippen molar-refractivity contribution in [2.75, 3.05) is 0 Å². The summed E-state index contributed by atoms with van der Waals surface area (Å²) in [4.78, 5) is 15.1. The number of hydrogen-bond donors (Lipinski definition) is 1. The number of fused-ring (bicyclic) bond motifs is 1. The summed E-state index contributed by atoms with van der Waals surface area (Å²) in [6.07, 6.45) is 0. The number of halogens is 1. The van der Waals surface area contributed by atoms with Gasteiger partial charge in [0.1, 0.15) is 5.75 Å². The van der Waals surface area contributed by atoms with Crippen molar-refractivity contribution >= 4 is 39.1 Å². The van der Waals surface area contributed by atoms with E-state index in [1.165, 1.54) is 23.5 Å². The van der Waals surface area contributed by atoms with Crippen LogP contribution in [0.4, 0.5) is 0 Å². The molecule has 0 aliphatic heterocycles. The smallest absolute Gasteiger partial charge is 0.335 e. The third-order valence-electron chi connectivity index (χ3n) is 2.64. The second kappa shape index (κ2) is 5.11. The summed E-state index contributed by atoms with van der Waals surface area (Å²) in [6.45, 7) is 0. The van der Waals surface area contributed by atoms with Crippen LogP contribution in [0.3, 0.4) is 0 Å². The van der Waals surface area contributed by atoms with Crippen LogP contribution in [0.15, 0.2) is 42.5 Å². The number of aromatic nitrogens is 1. The summed E-state index contributed by atoms with van der Waals surface area (Å²) in [7, 11) is 0.